The zero-order chi connectivity index (χ0) is 58.9. The molecule has 0 spiro atoms. The Balaban J connectivity index is 0.839. The minimum atomic E-state index is 1.07. The van der Waals surface area contributed by atoms with Crippen molar-refractivity contribution in [1.82, 2.24) is 0 Å². The maximum absolute atomic E-state index is 2.41. The van der Waals surface area contributed by atoms with E-state index < -0.39 is 0 Å². The average Bonchev–Trinajstić information content (AvgIpc) is 1.51. The Hall–Kier alpha value is -11.6. The van der Waals surface area contributed by atoms with Crippen LogP contribution >= 0.6 is 0 Å². The first-order valence-electron chi connectivity index (χ1n) is 30.1. The van der Waals surface area contributed by atoms with Crippen LogP contribution in [0.15, 0.2) is 328 Å². The first-order valence-corrected chi connectivity index (χ1v) is 30.1. The van der Waals surface area contributed by atoms with Gasteiger partial charge in [-0.05, 0) is 184 Å². The molecule has 14 aromatic carbocycles. The lowest BCUT2D eigenvalue weighted by Gasteiger charge is -2.26. The molecule has 416 valence electrons. The second kappa shape index (κ2) is 25.3. The third-order valence-corrected chi connectivity index (χ3v) is 16.4. The molecule has 2 nitrogen and oxygen atoms in total. The quantitative estimate of drug-likeness (QED) is 0.0703. The van der Waals surface area contributed by atoms with Gasteiger partial charge in [-0.15, -0.1) is 0 Å². The topological polar surface area (TPSA) is 6.48 Å². The van der Waals surface area contributed by atoms with Crippen molar-refractivity contribution in [3.63, 3.8) is 0 Å². The first kappa shape index (κ1) is 54.4. The van der Waals surface area contributed by atoms with Crippen molar-refractivity contribution in [1.29, 1.82) is 0 Å². The van der Waals surface area contributed by atoms with Crippen LogP contribution in [0.4, 0.5) is 34.1 Å². The summed E-state index contributed by atoms with van der Waals surface area (Å²) in [6.45, 7) is 0. The zero-order valence-corrected chi connectivity index (χ0v) is 48.7. The fourth-order valence-electron chi connectivity index (χ4n) is 11.9. The molecule has 0 saturated heterocycles. The molecule has 0 amide bonds. The molecule has 88 heavy (non-hydrogen) atoms. The van der Waals surface area contributed by atoms with Gasteiger partial charge in [0.15, 0.2) is 0 Å². The third-order valence-electron chi connectivity index (χ3n) is 16.4. The van der Waals surface area contributed by atoms with E-state index in [0.717, 1.165) is 67.5 Å². The van der Waals surface area contributed by atoms with E-state index in [1.54, 1.807) is 0 Å². The van der Waals surface area contributed by atoms with Gasteiger partial charge in [0.2, 0.25) is 0 Å². The van der Waals surface area contributed by atoms with Gasteiger partial charge in [-0.25, -0.2) is 0 Å². The van der Waals surface area contributed by atoms with Crippen LogP contribution in [0, 0.1) is 0 Å². The van der Waals surface area contributed by atoms with E-state index >= 15 is 0 Å². The molecular weight excluding hydrogens is 1060 g/mol. The van der Waals surface area contributed by atoms with Gasteiger partial charge in [-0.3, -0.25) is 0 Å². The smallest absolute Gasteiger partial charge is 0.0462 e. The lowest BCUT2D eigenvalue weighted by atomic mass is 9.85. The van der Waals surface area contributed by atoms with Crippen LogP contribution in [0.3, 0.4) is 0 Å². The van der Waals surface area contributed by atoms with E-state index in [-0.39, 0.29) is 0 Å². The number of nitrogens with zero attached hydrogens (tertiary/aromatic N) is 2. The maximum Gasteiger partial charge on any atom is 0.0462 e. The Bertz CT molecular complexity index is 4300. The second-order valence-electron chi connectivity index (χ2n) is 22.1. The molecule has 0 aliphatic rings. The lowest BCUT2D eigenvalue weighted by molar-refractivity contribution is 1.28. The Morgan fingerprint density at radius 2 is 0.375 bits per heavy atom. The number of anilines is 6. The fourth-order valence-corrected chi connectivity index (χ4v) is 11.9. The van der Waals surface area contributed by atoms with E-state index in [9.17, 15) is 0 Å². The molecule has 2 heteroatoms. The predicted octanol–water partition coefficient (Wildman–Crippen LogP) is 24.1. The van der Waals surface area contributed by atoms with Crippen LogP contribution in [0.1, 0.15) is 44.5 Å². The van der Waals surface area contributed by atoms with Gasteiger partial charge < -0.3 is 9.80 Å². The summed E-state index contributed by atoms with van der Waals surface area (Å²) < 4.78 is 0. The molecule has 0 bridgehead atoms. The van der Waals surface area contributed by atoms with Gasteiger partial charge in [0, 0.05) is 34.1 Å². The van der Waals surface area contributed by atoms with Crippen molar-refractivity contribution in [2.75, 3.05) is 9.80 Å². The van der Waals surface area contributed by atoms with Crippen LogP contribution in [0.25, 0.3) is 103 Å². The van der Waals surface area contributed by atoms with Gasteiger partial charge in [0.05, 0.1) is 0 Å². The number of rotatable bonds is 16. The van der Waals surface area contributed by atoms with Gasteiger partial charge >= 0.3 is 0 Å². The molecule has 0 saturated carbocycles. The normalized spacial score (nSPS) is 11.7. The van der Waals surface area contributed by atoms with Crippen LogP contribution < -0.4 is 9.80 Å². The molecule has 0 heterocycles. The maximum atomic E-state index is 2.41. The van der Waals surface area contributed by atoms with Crippen molar-refractivity contribution in [3.05, 3.63) is 372 Å². The molecule has 0 radical (unpaired) electrons. The zero-order valence-electron chi connectivity index (χ0n) is 48.7. The standard InChI is InChI=1S/C86H62N2/c1-5-17-63(18-6-1)29-33-67-37-49-75(50-38-67)87(76-51-39-68(40-52-76)34-30-64-19-7-2-8-20-64)79-57-45-71(46-58-79)85-81-27-15-16-28-82(81)86(84-62-74-26-14-13-25-73(74)61-83(84)85)72-47-59-80(60-48-72)88(77-53-41-69(42-54-77)35-31-65-21-9-3-10-22-65)78-55-43-70(44-56-78)36-32-66-23-11-4-12-24-66/h1-62H/b33-29+,34-30+,35-31+,36-32+. The summed E-state index contributed by atoms with van der Waals surface area (Å²) in [5.74, 6) is 0. The highest BCUT2D eigenvalue weighted by molar-refractivity contribution is 6.23. The lowest BCUT2D eigenvalue weighted by Crippen LogP contribution is -2.10. The van der Waals surface area contributed by atoms with Crippen LogP contribution in [0.2, 0.25) is 0 Å². The number of fused-ring (bicyclic) bond motifs is 3. The van der Waals surface area contributed by atoms with Gasteiger partial charge in [0.25, 0.3) is 0 Å². The summed E-state index contributed by atoms with van der Waals surface area (Å²) in [5.41, 5.74) is 20.4. The minimum absolute atomic E-state index is 1.07. The molecule has 0 unspecified atom stereocenters. The first-order chi connectivity index (χ1) is 43.6. The summed E-state index contributed by atoms with van der Waals surface area (Å²) in [6, 6.07) is 118. The molecule has 0 aliphatic carbocycles. The minimum Gasteiger partial charge on any atom is -0.311 e. The van der Waals surface area contributed by atoms with Crippen molar-refractivity contribution >= 4 is 115 Å². The highest BCUT2D eigenvalue weighted by Gasteiger charge is 2.21. The average molecular weight is 1120 g/mol. The van der Waals surface area contributed by atoms with Gasteiger partial charge in [-0.1, -0.05) is 291 Å². The van der Waals surface area contributed by atoms with E-state index in [2.05, 4.69) is 386 Å². The Morgan fingerprint density at radius 3 is 0.625 bits per heavy atom. The van der Waals surface area contributed by atoms with E-state index in [1.807, 2.05) is 0 Å². The Kier molecular flexibility index (Phi) is 15.6. The van der Waals surface area contributed by atoms with E-state index in [0.29, 0.717) is 0 Å². The van der Waals surface area contributed by atoms with Crippen molar-refractivity contribution < 1.29 is 0 Å². The van der Waals surface area contributed by atoms with Gasteiger partial charge in [-0.2, -0.15) is 0 Å². The monoisotopic (exact) mass is 1120 g/mol. The summed E-state index contributed by atoms with van der Waals surface area (Å²) in [4.78, 5) is 4.71. The summed E-state index contributed by atoms with van der Waals surface area (Å²) in [5, 5.41) is 7.25. The SMILES string of the molecule is C(=C\c1ccc(N(c2ccc(/C=C/c3ccccc3)cc2)c2ccc(-c3c4ccccc4c(-c4ccc(N(c5ccc(/C=C/c6ccccc6)cc5)c5ccc(/C=C/c6ccccc6)cc5)cc4)c4cc5ccccc5cc34)cc2)cc1)/c1ccccc1. The van der Waals surface area contributed by atoms with Crippen LogP contribution in [-0.2, 0) is 0 Å². The predicted molar refractivity (Wildman–Crippen MR) is 381 cm³/mol. The highest BCUT2D eigenvalue weighted by Crippen LogP contribution is 2.47. The third kappa shape index (κ3) is 12.1. The molecule has 0 atom stereocenters. The van der Waals surface area contributed by atoms with Crippen molar-refractivity contribution in [3.8, 4) is 22.3 Å². The molecule has 0 N–H and O–H groups in total. The number of benzene rings is 14. The molecule has 0 fully saturated rings. The fraction of sp³-hybridized carbons (Fsp3) is 0. The van der Waals surface area contributed by atoms with Crippen molar-refractivity contribution in [2.24, 2.45) is 0 Å². The number of hydrogen-bond donors (Lipinski definition) is 0. The van der Waals surface area contributed by atoms with E-state index in [4.69, 9.17) is 0 Å². The van der Waals surface area contributed by atoms with Crippen molar-refractivity contribution in [2.45, 2.75) is 0 Å². The largest absolute Gasteiger partial charge is 0.311 e. The van der Waals surface area contributed by atoms with Crippen LogP contribution in [0.5, 0.6) is 0 Å². The second-order valence-corrected chi connectivity index (χ2v) is 22.1. The summed E-state index contributed by atoms with van der Waals surface area (Å²) >= 11 is 0. The molecule has 14 aromatic rings. The highest BCUT2D eigenvalue weighted by atomic mass is 15.1. The molecule has 0 aliphatic heterocycles. The molecular formula is C86H62N2. The van der Waals surface area contributed by atoms with Crippen LogP contribution in [-0.4, -0.2) is 0 Å². The number of hydrogen-bond acceptors (Lipinski definition) is 2. The molecule has 0 aromatic heterocycles. The van der Waals surface area contributed by atoms with Gasteiger partial charge in [0.1, 0.15) is 0 Å². The summed E-state index contributed by atoms with van der Waals surface area (Å²) in [6.07, 6.45) is 17.4. The Morgan fingerprint density at radius 1 is 0.170 bits per heavy atom. The Labute approximate surface area is 516 Å². The molecule has 14 rings (SSSR count). The van der Waals surface area contributed by atoms with E-state index in [1.165, 1.54) is 65.7 Å². The summed E-state index contributed by atoms with van der Waals surface area (Å²) in [7, 11) is 0.